The highest BCUT2D eigenvalue weighted by Crippen LogP contribution is 2.13. The number of rotatable bonds is 1. The summed E-state index contributed by atoms with van der Waals surface area (Å²) in [5.41, 5.74) is 0. The largest absolute Gasteiger partial charge is 0.490 e. The van der Waals surface area contributed by atoms with Crippen molar-refractivity contribution in [3.05, 3.63) is 0 Å². The van der Waals surface area contributed by atoms with Crippen LogP contribution < -0.4 is 5.32 Å². The fourth-order valence-corrected chi connectivity index (χ4v) is 1.13. The standard InChI is InChI=1S/C7H11NO3.C2HF3O2/c1-11-7(10)5-2-3-8-4-6(5)9;3-2(4,5)1(6)7/h5,8H,2-4H2,1H3;(H,6,7). The molecular weight excluding hydrogens is 259 g/mol. The molecule has 1 atom stereocenters. The molecule has 1 heterocycles. The number of hydrogen-bond acceptors (Lipinski definition) is 5. The first-order valence-corrected chi connectivity index (χ1v) is 4.81. The van der Waals surface area contributed by atoms with Crippen LogP contribution in [0.2, 0.25) is 0 Å². The summed E-state index contributed by atoms with van der Waals surface area (Å²) in [7, 11) is 1.30. The Morgan fingerprint density at radius 3 is 2.28 bits per heavy atom. The Balaban J connectivity index is 0.000000360. The van der Waals surface area contributed by atoms with Gasteiger partial charge in [0.2, 0.25) is 0 Å². The van der Waals surface area contributed by atoms with Crippen LogP contribution in [0.5, 0.6) is 0 Å². The quantitative estimate of drug-likeness (QED) is 0.514. The summed E-state index contributed by atoms with van der Waals surface area (Å²) in [6, 6.07) is 0. The molecule has 0 aliphatic carbocycles. The summed E-state index contributed by atoms with van der Waals surface area (Å²) in [4.78, 5) is 30.8. The number of methoxy groups -OCH3 is 1. The van der Waals surface area contributed by atoms with Crippen LogP contribution in [0.15, 0.2) is 0 Å². The molecule has 104 valence electrons. The van der Waals surface area contributed by atoms with E-state index in [0.717, 1.165) is 0 Å². The van der Waals surface area contributed by atoms with Crippen molar-refractivity contribution in [1.29, 1.82) is 0 Å². The van der Waals surface area contributed by atoms with Gasteiger partial charge in [-0.15, -0.1) is 0 Å². The predicted molar refractivity (Wildman–Crippen MR) is 51.7 cm³/mol. The van der Waals surface area contributed by atoms with Gasteiger partial charge in [0.15, 0.2) is 5.78 Å². The van der Waals surface area contributed by atoms with Crippen LogP contribution in [-0.2, 0) is 19.1 Å². The molecule has 2 N–H and O–H groups in total. The molecule has 0 saturated carbocycles. The zero-order valence-electron chi connectivity index (χ0n) is 9.41. The average molecular weight is 271 g/mol. The Kier molecular flexibility index (Phi) is 6.31. The second kappa shape index (κ2) is 6.94. The number of carboxylic acid groups (broad SMARTS) is 1. The van der Waals surface area contributed by atoms with E-state index in [2.05, 4.69) is 10.1 Å². The zero-order chi connectivity index (χ0) is 14.3. The third kappa shape index (κ3) is 5.62. The van der Waals surface area contributed by atoms with Crippen molar-refractivity contribution in [2.45, 2.75) is 12.6 Å². The van der Waals surface area contributed by atoms with Crippen molar-refractivity contribution in [3.63, 3.8) is 0 Å². The number of nitrogens with one attached hydrogen (secondary N) is 1. The number of alkyl halides is 3. The minimum Gasteiger partial charge on any atom is -0.475 e. The molecule has 0 aromatic carbocycles. The number of aliphatic carboxylic acids is 1. The van der Waals surface area contributed by atoms with Gasteiger partial charge in [-0.1, -0.05) is 0 Å². The summed E-state index contributed by atoms with van der Waals surface area (Å²) in [5.74, 6) is -3.76. The Morgan fingerprint density at radius 2 is 1.94 bits per heavy atom. The number of Topliss-reactive ketones (excluding diaryl/α,β-unsaturated/α-hetero) is 1. The second-order valence-corrected chi connectivity index (χ2v) is 3.31. The van der Waals surface area contributed by atoms with Crippen molar-refractivity contribution >= 4 is 17.7 Å². The van der Waals surface area contributed by atoms with E-state index in [0.29, 0.717) is 19.5 Å². The van der Waals surface area contributed by atoms with Gasteiger partial charge in [0, 0.05) is 0 Å². The van der Waals surface area contributed by atoms with Crippen LogP contribution in [0.4, 0.5) is 13.2 Å². The monoisotopic (exact) mass is 271 g/mol. The lowest BCUT2D eigenvalue weighted by molar-refractivity contribution is -0.192. The fraction of sp³-hybridized carbons (Fsp3) is 0.667. The van der Waals surface area contributed by atoms with Crippen molar-refractivity contribution < 1.29 is 37.4 Å². The minimum absolute atomic E-state index is 0.0666. The van der Waals surface area contributed by atoms with Gasteiger partial charge < -0.3 is 15.2 Å². The molecule has 0 aromatic rings. The zero-order valence-corrected chi connectivity index (χ0v) is 9.41. The second-order valence-electron chi connectivity index (χ2n) is 3.31. The highest BCUT2D eigenvalue weighted by atomic mass is 19.4. The minimum atomic E-state index is -5.08. The number of halogens is 3. The van der Waals surface area contributed by atoms with Crippen LogP contribution in [0, 0.1) is 5.92 Å². The average Bonchev–Trinajstić information content (AvgIpc) is 2.28. The predicted octanol–water partition coefficient (Wildman–Crippen LogP) is -0.0287. The topological polar surface area (TPSA) is 92.7 Å². The normalized spacial score (nSPS) is 19.6. The molecule has 1 fully saturated rings. The Labute approximate surface area is 100 Å². The number of carboxylic acids is 1. The first-order chi connectivity index (χ1) is 8.20. The summed E-state index contributed by atoms with van der Waals surface area (Å²) < 4.78 is 36.2. The molecule has 18 heavy (non-hydrogen) atoms. The van der Waals surface area contributed by atoms with E-state index < -0.39 is 24.0 Å². The molecular formula is C9H12F3NO5. The molecule has 1 aliphatic heterocycles. The summed E-state index contributed by atoms with van der Waals surface area (Å²) in [6.07, 6.45) is -4.52. The summed E-state index contributed by atoms with van der Waals surface area (Å²) in [5, 5.41) is 10.0. The molecule has 0 spiro atoms. The van der Waals surface area contributed by atoms with Crippen LogP contribution in [-0.4, -0.2) is 49.2 Å². The van der Waals surface area contributed by atoms with Crippen LogP contribution in [0.3, 0.4) is 0 Å². The van der Waals surface area contributed by atoms with Gasteiger partial charge >= 0.3 is 18.1 Å². The van der Waals surface area contributed by atoms with Crippen molar-refractivity contribution in [1.82, 2.24) is 5.32 Å². The van der Waals surface area contributed by atoms with Crippen molar-refractivity contribution in [3.8, 4) is 0 Å². The maximum atomic E-state index is 11.0. The molecule has 1 rings (SSSR count). The molecule has 0 aromatic heterocycles. The smallest absolute Gasteiger partial charge is 0.475 e. The van der Waals surface area contributed by atoms with E-state index in [1.165, 1.54) is 7.11 Å². The van der Waals surface area contributed by atoms with Crippen molar-refractivity contribution in [2.75, 3.05) is 20.2 Å². The van der Waals surface area contributed by atoms with E-state index in [-0.39, 0.29) is 5.78 Å². The number of carbonyl (C=O) groups excluding carboxylic acids is 2. The van der Waals surface area contributed by atoms with Crippen LogP contribution in [0.25, 0.3) is 0 Å². The van der Waals surface area contributed by atoms with Gasteiger partial charge in [-0.3, -0.25) is 9.59 Å². The van der Waals surface area contributed by atoms with Crippen LogP contribution >= 0.6 is 0 Å². The number of hydrogen-bond donors (Lipinski definition) is 2. The van der Waals surface area contributed by atoms with Gasteiger partial charge in [0.25, 0.3) is 0 Å². The molecule has 1 unspecified atom stereocenters. The third-order valence-electron chi connectivity index (χ3n) is 2.03. The number of carbonyl (C=O) groups is 3. The highest BCUT2D eigenvalue weighted by molar-refractivity contribution is 6.00. The van der Waals surface area contributed by atoms with E-state index >= 15 is 0 Å². The van der Waals surface area contributed by atoms with E-state index in [4.69, 9.17) is 9.90 Å². The van der Waals surface area contributed by atoms with E-state index in [1.807, 2.05) is 0 Å². The van der Waals surface area contributed by atoms with Gasteiger partial charge in [0.05, 0.1) is 13.7 Å². The summed E-state index contributed by atoms with van der Waals surface area (Å²) in [6.45, 7) is 1.01. The molecule has 0 radical (unpaired) electrons. The number of ether oxygens (including phenoxy) is 1. The Morgan fingerprint density at radius 1 is 1.44 bits per heavy atom. The Bertz CT molecular complexity index is 321. The molecule has 0 bridgehead atoms. The molecule has 6 nitrogen and oxygen atoms in total. The molecule has 1 saturated heterocycles. The van der Waals surface area contributed by atoms with Crippen molar-refractivity contribution in [2.24, 2.45) is 5.92 Å². The maximum absolute atomic E-state index is 11.0. The number of piperidine rings is 1. The number of esters is 1. The van der Waals surface area contributed by atoms with Crippen LogP contribution in [0.1, 0.15) is 6.42 Å². The molecule has 0 amide bonds. The van der Waals surface area contributed by atoms with Gasteiger partial charge in [-0.05, 0) is 13.0 Å². The molecule has 1 aliphatic rings. The maximum Gasteiger partial charge on any atom is 0.490 e. The van der Waals surface area contributed by atoms with Gasteiger partial charge in [-0.2, -0.15) is 13.2 Å². The fourth-order valence-electron chi connectivity index (χ4n) is 1.13. The lowest BCUT2D eigenvalue weighted by Gasteiger charge is -2.18. The first kappa shape index (κ1) is 16.4. The van der Waals surface area contributed by atoms with E-state index in [1.54, 1.807) is 0 Å². The lowest BCUT2D eigenvalue weighted by Crippen LogP contribution is -2.40. The SMILES string of the molecule is COC(=O)C1CCNCC1=O.O=C(O)C(F)(F)F. The Hall–Kier alpha value is -1.64. The number of ketones is 1. The summed E-state index contributed by atoms with van der Waals surface area (Å²) >= 11 is 0. The molecule has 9 heteroatoms. The van der Waals surface area contributed by atoms with E-state index in [9.17, 15) is 22.8 Å². The van der Waals surface area contributed by atoms with Gasteiger partial charge in [0.1, 0.15) is 5.92 Å². The van der Waals surface area contributed by atoms with Gasteiger partial charge in [-0.25, -0.2) is 4.79 Å². The third-order valence-corrected chi connectivity index (χ3v) is 2.03. The first-order valence-electron chi connectivity index (χ1n) is 4.81. The highest BCUT2D eigenvalue weighted by Gasteiger charge is 2.38. The lowest BCUT2D eigenvalue weighted by atomic mass is 9.97.